The molecule has 0 aromatic heterocycles. The molecule has 0 radical (unpaired) electrons. The Kier molecular flexibility index (Phi) is 5.07. The monoisotopic (exact) mass is 218 g/mol. The van der Waals surface area contributed by atoms with E-state index in [1.165, 1.54) is 6.92 Å². The summed E-state index contributed by atoms with van der Waals surface area (Å²) in [6, 6.07) is -2.13. The van der Waals surface area contributed by atoms with E-state index >= 15 is 0 Å². The van der Waals surface area contributed by atoms with Crippen LogP contribution in [0.2, 0.25) is 6.04 Å². The molecule has 6 heteroatoms. The number of alkyl halides is 4. The fourth-order valence-corrected chi connectivity index (χ4v) is 7.62. The van der Waals surface area contributed by atoms with Gasteiger partial charge >= 0.3 is 0 Å². The maximum absolute atomic E-state index is 12.9. The number of hydrogen-bond donors (Lipinski definition) is 0. The first-order valence-electron chi connectivity index (χ1n) is 4.10. The highest BCUT2D eigenvalue weighted by Gasteiger charge is 2.39. The van der Waals surface area contributed by atoms with Gasteiger partial charge in [0.15, 0.2) is 0 Å². The Morgan fingerprint density at radius 3 is 2.08 bits per heavy atom. The average molecular weight is 218 g/mol. The molecule has 0 heterocycles. The zero-order chi connectivity index (χ0) is 9.78. The van der Waals surface area contributed by atoms with Crippen molar-refractivity contribution in [2.24, 2.45) is 0 Å². The van der Waals surface area contributed by atoms with Crippen LogP contribution in [-0.4, -0.2) is 28.9 Å². The Balaban J connectivity index is 4.13. The summed E-state index contributed by atoms with van der Waals surface area (Å²) in [4.78, 5) is 0. The minimum absolute atomic E-state index is 0.266. The van der Waals surface area contributed by atoms with E-state index in [9.17, 15) is 17.6 Å². The molecule has 0 aromatic carbocycles. The van der Waals surface area contributed by atoms with Crippen LogP contribution in [0.3, 0.4) is 0 Å². The highest BCUT2D eigenvalue weighted by Crippen LogP contribution is 2.23. The standard InChI is InChI=1S/C6H14F4Si2/c1-3-6(9,10)12(4-2)11-5(7)8/h5,12H,3-4,11H2,1-2H3. The molecule has 0 N–H and O–H groups in total. The molecule has 0 saturated heterocycles. The maximum atomic E-state index is 12.9. The zero-order valence-electron chi connectivity index (χ0n) is 7.29. The lowest BCUT2D eigenvalue weighted by molar-refractivity contribution is 0.0835. The van der Waals surface area contributed by atoms with Crippen LogP contribution in [0.5, 0.6) is 0 Å². The summed E-state index contributed by atoms with van der Waals surface area (Å²) in [6.07, 6.45) is -0.266. The molecule has 0 nitrogen and oxygen atoms in total. The molecule has 0 aromatic rings. The molecule has 12 heavy (non-hydrogen) atoms. The van der Waals surface area contributed by atoms with Crippen molar-refractivity contribution in [2.45, 2.75) is 37.9 Å². The first-order valence-corrected chi connectivity index (χ1v) is 9.57. The summed E-state index contributed by atoms with van der Waals surface area (Å²) >= 11 is 0. The first-order chi connectivity index (χ1) is 5.44. The summed E-state index contributed by atoms with van der Waals surface area (Å²) in [5, 5.41) is 0. The Hall–Kier alpha value is 0.154. The molecule has 0 fully saturated rings. The van der Waals surface area contributed by atoms with E-state index in [0.29, 0.717) is 6.04 Å². The van der Waals surface area contributed by atoms with Gasteiger partial charge in [-0.15, -0.1) is 0 Å². The van der Waals surface area contributed by atoms with Crippen molar-refractivity contribution in [2.75, 3.05) is 0 Å². The van der Waals surface area contributed by atoms with Crippen LogP contribution >= 0.6 is 0 Å². The van der Waals surface area contributed by atoms with Crippen molar-refractivity contribution in [3.63, 3.8) is 0 Å². The molecule has 0 amide bonds. The van der Waals surface area contributed by atoms with Crippen LogP contribution in [0, 0.1) is 0 Å². The summed E-state index contributed by atoms with van der Waals surface area (Å²) in [5.74, 6) is 0. The predicted octanol–water partition coefficient (Wildman–Crippen LogP) is 1.71. The lowest BCUT2D eigenvalue weighted by atomic mass is 10.5. The quantitative estimate of drug-likeness (QED) is 0.487. The van der Waals surface area contributed by atoms with Crippen molar-refractivity contribution in [1.29, 1.82) is 0 Å². The van der Waals surface area contributed by atoms with Crippen LogP contribution in [0.4, 0.5) is 17.6 Å². The lowest BCUT2D eigenvalue weighted by Crippen LogP contribution is -2.44. The van der Waals surface area contributed by atoms with Crippen LogP contribution < -0.4 is 0 Å². The molecule has 0 aliphatic rings. The van der Waals surface area contributed by atoms with Crippen molar-refractivity contribution >= 4 is 17.4 Å². The normalized spacial score (nSPS) is 16.2. The molecular formula is C6H14F4Si2. The molecule has 1 unspecified atom stereocenters. The highest BCUT2D eigenvalue weighted by molar-refractivity contribution is 7.13. The molecule has 74 valence electrons. The molecule has 0 aliphatic carbocycles. The lowest BCUT2D eigenvalue weighted by Gasteiger charge is -2.22. The second-order valence-electron chi connectivity index (χ2n) is 2.85. The molecule has 0 bridgehead atoms. The third-order valence-electron chi connectivity index (χ3n) is 2.02. The van der Waals surface area contributed by atoms with Crippen LogP contribution in [0.1, 0.15) is 20.3 Å². The summed E-state index contributed by atoms with van der Waals surface area (Å²) in [5.41, 5.74) is -2.74. The van der Waals surface area contributed by atoms with Gasteiger partial charge in [0.25, 0.3) is 0 Å². The number of rotatable bonds is 5. The van der Waals surface area contributed by atoms with E-state index in [1.54, 1.807) is 6.92 Å². The van der Waals surface area contributed by atoms with Crippen molar-refractivity contribution in [1.82, 2.24) is 0 Å². The van der Waals surface area contributed by atoms with Gasteiger partial charge in [-0.3, -0.25) is 0 Å². The van der Waals surface area contributed by atoms with Gasteiger partial charge in [0.2, 0.25) is 11.6 Å². The Morgan fingerprint density at radius 1 is 1.33 bits per heavy atom. The Bertz CT molecular complexity index is 129. The predicted molar refractivity (Wildman–Crippen MR) is 47.4 cm³/mol. The van der Waals surface area contributed by atoms with E-state index in [1.807, 2.05) is 0 Å². The van der Waals surface area contributed by atoms with Gasteiger partial charge < -0.3 is 0 Å². The minimum Gasteiger partial charge on any atom is -0.217 e. The largest absolute Gasteiger partial charge is 0.223 e. The van der Waals surface area contributed by atoms with E-state index in [2.05, 4.69) is 0 Å². The van der Waals surface area contributed by atoms with Crippen LogP contribution in [0.15, 0.2) is 0 Å². The van der Waals surface area contributed by atoms with Crippen LogP contribution in [0.25, 0.3) is 0 Å². The number of hydrogen-bond acceptors (Lipinski definition) is 0. The molecule has 0 aliphatic heterocycles. The summed E-state index contributed by atoms with van der Waals surface area (Å²) < 4.78 is 49.7. The van der Waals surface area contributed by atoms with Crippen molar-refractivity contribution < 1.29 is 17.6 Å². The molecule has 0 rings (SSSR count). The molecule has 1 atom stereocenters. The maximum Gasteiger partial charge on any atom is 0.223 e. The zero-order valence-corrected chi connectivity index (χ0v) is 9.86. The average Bonchev–Trinajstić information content (AvgIpc) is 1.99. The van der Waals surface area contributed by atoms with Crippen molar-refractivity contribution in [3.05, 3.63) is 0 Å². The topological polar surface area (TPSA) is 0 Å². The molecule has 0 saturated carbocycles. The van der Waals surface area contributed by atoms with Gasteiger partial charge in [-0.2, -0.15) is 0 Å². The second-order valence-corrected chi connectivity index (χ2v) is 11.4. The number of halogens is 4. The fourth-order valence-electron chi connectivity index (χ4n) is 1.14. The van der Waals surface area contributed by atoms with Crippen molar-refractivity contribution in [3.8, 4) is 0 Å². The SMILES string of the molecule is CC[SiH]([SiH2]C(F)F)C(F)(F)CC. The molecule has 0 spiro atoms. The van der Waals surface area contributed by atoms with E-state index in [0.717, 1.165) is 0 Å². The summed E-state index contributed by atoms with van der Waals surface area (Å²) in [7, 11) is -4.22. The van der Waals surface area contributed by atoms with E-state index in [4.69, 9.17) is 0 Å². The highest BCUT2D eigenvalue weighted by atomic mass is 29.2. The van der Waals surface area contributed by atoms with Gasteiger partial charge in [-0.05, 0) is 0 Å². The Morgan fingerprint density at radius 2 is 1.83 bits per heavy atom. The van der Waals surface area contributed by atoms with Crippen LogP contribution in [-0.2, 0) is 0 Å². The van der Waals surface area contributed by atoms with Gasteiger partial charge in [0, 0.05) is 6.42 Å². The first kappa shape index (κ1) is 12.2. The van der Waals surface area contributed by atoms with Gasteiger partial charge in [0.1, 0.15) is 17.4 Å². The second kappa shape index (κ2) is 5.01. The Labute approximate surface area is 73.6 Å². The minimum atomic E-state index is -2.74. The van der Waals surface area contributed by atoms with Gasteiger partial charge in [0.05, 0.1) is 0 Å². The fraction of sp³-hybridized carbons (Fsp3) is 1.00. The van der Waals surface area contributed by atoms with E-state index in [-0.39, 0.29) is 6.42 Å². The third-order valence-corrected chi connectivity index (χ3v) is 11.8. The third kappa shape index (κ3) is 3.70. The van der Waals surface area contributed by atoms with Gasteiger partial charge in [-0.25, -0.2) is 17.6 Å². The van der Waals surface area contributed by atoms with Gasteiger partial charge in [-0.1, -0.05) is 19.9 Å². The van der Waals surface area contributed by atoms with E-state index < -0.39 is 28.9 Å². The smallest absolute Gasteiger partial charge is 0.217 e. The molecular weight excluding hydrogens is 204 g/mol. The summed E-state index contributed by atoms with van der Waals surface area (Å²) in [6.45, 7) is 2.98.